The third kappa shape index (κ3) is 2.43. The highest BCUT2D eigenvalue weighted by atomic mass is 32.2. The van der Waals surface area contributed by atoms with Gasteiger partial charge in [-0.25, -0.2) is 0 Å². The van der Waals surface area contributed by atoms with Crippen molar-refractivity contribution in [3.63, 3.8) is 0 Å². The molecule has 1 saturated heterocycles. The zero-order valence-corrected chi connectivity index (χ0v) is 11.5. The molecule has 5 heteroatoms. The van der Waals surface area contributed by atoms with Crippen molar-refractivity contribution in [2.24, 2.45) is 5.92 Å². The number of rotatable bonds is 3. The van der Waals surface area contributed by atoms with E-state index < -0.39 is 0 Å². The second-order valence-corrected chi connectivity index (χ2v) is 6.62. The number of thioether (sulfide) groups is 1. The van der Waals surface area contributed by atoms with Crippen molar-refractivity contribution in [1.82, 2.24) is 14.8 Å². The molecule has 0 bridgehead atoms. The van der Waals surface area contributed by atoms with Gasteiger partial charge in [0.05, 0.1) is 12.6 Å². The Morgan fingerprint density at radius 2 is 2.06 bits per heavy atom. The normalized spacial score (nSPS) is 25.1. The molecule has 1 N–H and O–H groups in total. The molecule has 1 fully saturated rings. The molecule has 2 aliphatic heterocycles. The Labute approximate surface area is 112 Å². The number of aliphatic hydroxyl groups is 1. The van der Waals surface area contributed by atoms with Gasteiger partial charge in [0.25, 0.3) is 0 Å². The van der Waals surface area contributed by atoms with E-state index in [1.54, 1.807) is 0 Å². The van der Waals surface area contributed by atoms with E-state index in [1.165, 1.54) is 24.3 Å². The maximum atomic E-state index is 9.51. The number of aliphatic hydroxyl groups excluding tert-OH is 1. The van der Waals surface area contributed by atoms with Crippen LogP contribution < -0.4 is 0 Å². The molecular formula is C13H21N3OS. The Balaban J connectivity index is 1.77. The summed E-state index contributed by atoms with van der Waals surface area (Å²) in [5.74, 6) is 5.53. The van der Waals surface area contributed by atoms with Crippen LogP contribution in [-0.4, -0.2) is 38.0 Å². The van der Waals surface area contributed by atoms with Crippen LogP contribution in [0.15, 0.2) is 0 Å². The van der Waals surface area contributed by atoms with Crippen LogP contribution in [0.25, 0.3) is 0 Å². The van der Waals surface area contributed by atoms with Gasteiger partial charge in [0.2, 0.25) is 0 Å². The van der Waals surface area contributed by atoms with Gasteiger partial charge in [0.1, 0.15) is 11.6 Å². The molecular weight excluding hydrogens is 246 g/mol. The zero-order valence-electron chi connectivity index (χ0n) is 10.7. The molecule has 0 radical (unpaired) electrons. The molecule has 18 heavy (non-hydrogen) atoms. The first-order chi connectivity index (χ1) is 8.88. The fraction of sp³-hybridized carbons (Fsp3) is 0.846. The molecule has 1 unspecified atom stereocenters. The van der Waals surface area contributed by atoms with Crippen molar-refractivity contribution in [2.75, 3.05) is 18.1 Å². The molecule has 2 aliphatic rings. The fourth-order valence-electron chi connectivity index (χ4n) is 3.10. The summed E-state index contributed by atoms with van der Waals surface area (Å²) in [7, 11) is 0. The first-order valence-corrected chi connectivity index (χ1v) is 8.15. The van der Waals surface area contributed by atoms with Crippen molar-refractivity contribution in [1.29, 1.82) is 0 Å². The summed E-state index contributed by atoms with van der Waals surface area (Å²) in [5.41, 5.74) is 0. The van der Waals surface area contributed by atoms with Crippen LogP contribution in [0.5, 0.6) is 0 Å². The number of aryl methyl sites for hydroxylation is 1. The molecule has 0 aliphatic carbocycles. The number of fused-ring (bicyclic) bond motifs is 1. The maximum absolute atomic E-state index is 9.51. The van der Waals surface area contributed by atoms with Gasteiger partial charge >= 0.3 is 0 Å². The second-order valence-electron chi connectivity index (χ2n) is 5.39. The third-order valence-electron chi connectivity index (χ3n) is 4.16. The highest BCUT2D eigenvalue weighted by Crippen LogP contribution is 2.29. The van der Waals surface area contributed by atoms with Crippen molar-refractivity contribution in [3.8, 4) is 0 Å². The standard InChI is InChI=1S/C13H21N3OS/c17-9-11-2-1-3-12-14-15-13(16(11)12)8-10-4-6-18-7-5-10/h10-11,17H,1-9H2. The molecule has 0 aromatic carbocycles. The van der Waals surface area contributed by atoms with Crippen LogP contribution in [0.1, 0.15) is 43.4 Å². The first-order valence-electron chi connectivity index (χ1n) is 6.99. The van der Waals surface area contributed by atoms with Crippen LogP contribution in [0.4, 0.5) is 0 Å². The molecule has 0 amide bonds. The minimum Gasteiger partial charge on any atom is -0.394 e. The van der Waals surface area contributed by atoms with Gasteiger partial charge < -0.3 is 9.67 Å². The molecule has 100 valence electrons. The SMILES string of the molecule is OCC1CCCc2nnc(CC3CCSCC3)n21. The lowest BCUT2D eigenvalue weighted by atomic mass is 9.97. The molecule has 0 spiro atoms. The molecule has 4 nitrogen and oxygen atoms in total. The average Bonchev–Trinajstić information content (AvgIpc) is 2.83. The zero-order chi connectivity index (χ0) is 12.4. The monoisotopic (exact) mass is 267 g/mol. The summed E-state index contributed by atoms with van der Waals surface area (Å²) in [4.78, 5) is 0. The molecule has 3 rings (SSSR count). The van der Waals surface area contributed by atoms with Crippen molar-refractivity contribution < 1.29 is 5.11 Å². The highest BCUT2D eigenvalue weighted by molar-refractivity contribution is 7.99. The van der Waals surface area contributed by atoms with Crippen LogP contribution in [-0.2, 0) is 12.8 Å². The van der Waals surface area contributed by atoms with Gasteiger partial charge in [-0.1, -0.05) is 0 Å². The summed E-state index contributed by atoms with van der Waals surface area (Å²) in [6.07, 6.45) is 6.86. The van der Waals surface area contributed by atoms with Crippen LogP contribution in [0, 0.1) is 5.92 Å². The molecule has 1 aromatic heterocycles. The van der Waals surface area contributed by atoms with Gasteiger partial charge in [0.15, 0.2) is 0 Å². The van der Waals surface area contributed by atoms with E-state index in [4.69, 9.17) is 0 Å². The quantitative estimate of drug-likeness (QED) is 0.908. The van der Waals surface area contributed by atoms with Gasteiger partial charge in [-0.15, -0.1) is 10.2 Å². The summed E-state index contributed by atoms with van der Waals surface area (Å²) in [6.45, 7) is 0.221. The van der Waals surface area contributed by atoms with E-state index in [-0.39, 0.29) is 12.6 Å². The molecule has 1 atom stereocenters. The van der Waals surface area contributed by atoms with Crippen LogP contribution in [0.3, 0.4) is 0 Å². The van der Waals surface area contributed by atoms with Gasteiger partial charge in [-0.2, -0.15) is 11.8 Å². The minimum atomic E-state index is 0.219. The smallest absolute Gasteiger partial charge is 0.133 e. The topological polar surface area (TPSA) is 50.9 Å². The second kappa shape index (κ2) is 5.61. The first kappa shape index (κ1) is 12.5. The van der Waals surface area contributed by atoms with E-state index in [2.05, 4.69) is 26.5 Å². The Hall–Kier alpha value is -0.550. The molecule has 3 heterocycles. The maximum Gasteiger partial charge on any atom is 0.133 e. The van der Waals surface area contributed by atoms with E-state index in [1.807, 2.05) is 0 Å². The molecule has 0 saturated carbocycles. The van der Waals surface area contributed by atoms with Gasteiger partial charge in [-0.3, -0.25) is 0 Å². The molecule has 1 aromatic rings. The Bertz CT molecular complexity index is 401. The third-order valence-corrected chi connectivity index (χ3v) is 5.21. The fourth-order valence-corrected chi connectivity index (χ4v) is 4.30. The average molecular weight is 267 g/mol. The summed E-state index contributed by atoms with van der Waals surface area (Å²) >= 11 is 2.06. The lowest BCUT2D eigenvalue weighted by Crippen LogP contribution is -2.24. The number of nitrogens with zero attached hydrogens (tertiary/aromatic N) is 3. The Morgan fingerprint density at radius 1 is 1.22 bits per heavy atom. The number of aromatic nitrogens is 3. The van der Waals surface area contributed by atoms with E-state index in [0.29, 0.717) is 0 Å². The van der Waals surface area contributed by atoms with Gasteiger partial charge in [0, 0.05) is 12.8 Å². The van der Waals surface area contributed by atoms with Crippen molar-refractivity contribution in [3.05, 3.63) is 11.6 Å². The lowest BCUT2D eigenvalue weighted by Gasteiger charge is -2.26. The van der Waals surface area contributed by atoms with E-state index >= 15 is 0 Å². The lowest BCUT2D eigenvalue weighted by molar-refractivity contribution is 0.202. The summed E-state index contributed by atoms with van der Waals surface area (Å²) in [6, 6.07) is 0.219. The minimum absolute atomic E-state index is 0.219. The summed E-state index contributed by atoms with van der Waals surface area (Å²) < 4.78 is 2.23. The predicted molar refractivity (Wildman–Crippen MR) is 72.8 cm³/mol. The Kier molecular flexibility index (Phi) is 3.89. The number of hydrogen-bond acceptors (Lipinski definition) is 4. The van der Waals surface area contributed by atoms with E-state index in [9.17, 15) is 5.11 Å². The summed E-state index contributed by atoms with van der Waals surface area (Å²) in [5, 5.41) is 18.2. The van der Waals surface area contributed by atoms with Gasteiger partial charge in [-0.05, 0) is 43.1 Å². The van der Waals surface area contributed by atoms with Crippen molar-refractivity contribution in [2.45, 2.75) is 44.6 Å². The Morgan fingerprint density at radius 3 is 2.83 bits per heavy atom. The van der Waals surface area contributed by atoms with Crippen molar-refractivity contribution >= 4 is 11.8 Å². The predicted octanol–water partition coefficient (Wildman–Crippen LogP) is 1.83. The largest absolute Gasteiger partial charge is 0.394 e. The van der Waals surface area contributed by atoms with Crippen LogP contribution >= 0.6 is 11.8 Å². The van der Waals surface area contributed by atoms with E-state index in [0.717, 1.165) is 43.3 Å². The number of hydrogen-bond donors (Lipinski definition) is 1. The van der Waals surface area contributed by atoms with Crippen LogP contribution in [0.2, 0.25) is 0 Å². The highest BCUT2D eigenvalue weighted by Gasteiger charge is 2.26.